The van der Waals surface area contributed by atoms with E-state index in [1.165, 1.54) is 18.1 Å². The lowest BCUT2D eigenvalue weighted by Crippen LogP contribution is -2.23. The van der Waals surface area contributed by atoms with Gasteiger partial charge >= 0.3 is 0 Å². The van der Waals surface area contributed by atoms with E-state index < -0.39 is 0 Å². The normalized spacial score (nSPS) is 16.0. The molecular formula is C20H23NO3. The van der Waals surface area contributed by atoms with Crippen LogP contribution in [-0.4, -0.2) is 19.6 Å². The number of methoxy groups -OCH3 is 1. The maximum Gasteiger partial charge on any atom is 0.217 e. The first-order valence-corrected chi connectivity index (χ1v) is 8.26. The highest BCUT2D eigenvalue weighted by molar-refractivity contribution is 5.72. The summed E-state index contributed by atoms with van der Waals surface area (Å²) in [5.41, 5.74) is 3.61. The summed E-state index contributed by atoms with van der Waals surface area (Å²) in [4.78, 5) is 11.1. The topological polar surface area (TPSA) is 47.6 Å². The monoisotopic (exact) mass is 325 g/mol. The van der Waals surface area contributed by atoms with Crippen molar-refractivity contribution in [3.63, 3.8) is 0 Å². The zero-order valence-electron chi connectivity index (χ0n) is 14.2. The molecule has 1 aliphatic rings. The molecule has 4 heteroatoms. The molecule has 1 amide bonds. The van der Waals surface area contributed by atoms with Gasteiger partial charge in [0.25, 0.3) is 0 Å². The van der Waals surface area contributed by atoms with Gasteiger partial charge in [-0.2, -0.15) is 0 Å². The van der Waals surface area contributed by atoms with Crippen molar-refractivity contribution in [2.24, 2.45) is 5.92 Å². The Morgan fingerprint density at radius 1 is 1.25 bits per heavy atom. The van der Waals surface area contributed by atoms with Crippen LogP contribution in [0.15, 0.2) is 42.5 Å². The van der Waals surface area contributed by atoms with Crippen LogP contribution in [-0.2, 0) is 24.2 Å². The van der Waals surface area contributed by atoms with Gasteiger partial charge in [-0.3, -0.25) is 4.79 Å². The minimum Gasteiger partial charge on any atom is -0.493 e. The first-order chi connectivity index (χ1) is 11.7. The van der Waals surface area contributed by atoms with Crippen LogP contribution in [0.5, 0.6) is 11.5 Å². The molecule has 0 bridgehead atoms. The molecule has 1 atom stereocenters. The predicted molar refractivity (Wildman–Crippen MR) is 93.3 cm³/mol. The fraction of sp³-hybridized carbons (Fsp3) is 0.350. The molecular weight excluding hydrogens is 302 g/mol. The highest BCUT2D eigenvalue weighted by Gasteiger charge is 2.22. The van der Waals surface area contributed by atoms with Crippen molar-refractivity contribution in [2.45, 2.75) is 26.3 Å². The van der Waals surface area contributed by atoms with Crippen LogP contribution in [0, 0.1) is 5.92 Å². The first-order valence-electron chi connectivity index (χ1n) is 8.26. The second-order valence-corrected chi connectivity index (χ2v) is 6.26. The van der Waals surface area contributed by atoms with Crippen molar-refractivity contribution in [3.05, 3.63) is 59.2 Å². The van der Waals surface area contributed by atoms with Crippen molar-refractivity contribution in [2.75, 3.05) is 13.7 Å². The maximum atomic E-state index is 11.1. The van der Waals surface area contributed by atoms with E-state index in [1.54, 1.807) is 7.11 Å². The maximum absolute atomic E-state index is 11.1. The van der Waals surface area contributed by atoms with Crippen molar-refractivity contribution in [3.8, 4) is 11.5 Å². The minimum atomic E-state index is -0.00774. The van der Waals surface area contributed by atoms with E-state index in [2.05, 4.69) is 23.5 Å². The number of carbonyl (C=O) groups excluding carboxylic acids is 1. The van der Waals surface area contributed by atoms with E-state index in [0.717, 1.165) is 29.9 Å². The summed E-state index contributed by atoms with van der Waals surface area (Å²) in [6, 6.07) is 14.4. The van der Waals surface area contributed by atoms with Crippen LogP contribution in [0.4, 0.5) is 0 Å². The van der Waals surface area contributed by atoms with Crippen LogP contribution in [0.3, 0.4) is 0 Å². The summed E-state index contributed by atoms with van der Waals surface area (Å²) in [5, 5.41) is 2.84. The van der Waals surface area contributed by atoms with E-state index >= 15 is 0 Å². The average Bonchev–Trinajstić information content (AvgIpc) is 2.59. The molecule has 2 aromatic rings. The highest BCUT2D eigenvalue weighted by Crippen LogP contribution is 2.36. The SMILES string of the molecule is COc1cccc2c1OCC(Cc1cccc(CNC(C)=O)c1)C2. The van der Waals surface area contributed by atoms with Crippen molar-refractivity contribution < 1.29 is 14.3 Å². The van der Waals surface area contributed by atoms with Gasteiger partial charge in [-0.05, 0) is 35.6 Å². The molecule has 1 aliphatic heterocycles. The fourth-order valence-corrected chi connectivity index (χ4v) is 3.18. The Bertz CT molecular complexity index is 727. The molecule has 0 fully saturated rings. The molecule has 1 unspecified atom stereocenters. The molecule has 1 heterocycles. The molecule has 0 spiro atoms. The summed E-state index contributed by atoms with van der Waals surface area (Å²) in [5.74, 6) is 2.13. The lowest BCUT2D eigenvalue weighted by molar-refractivity contribution is -0.119. The molecule has 1 N–H and O–H groups in total. The molecule has 0 aliphatic carbocycles. The molecule has 3 rings (SSSR count). The summed E-state index contributed by atoms with van der Waals surface area (Å²) in [6.07, 6.45) is 1.95. The Balaban J connectivity index is 1.67. The number of ether oxygens (including phenoxy) is 2. The number of fused-ring (bicyclic) bond motifs is 1. The summed E-state index contributed by atoms with van der Waals surface area (Å²) in [6.45, 7) is 2.81. The van der Waals surface area contributed by atoms with Gasteiger partial charge < -0.3 is 14.8 Å². The van der Waals surface area contributed by atoms with Gasteiger partial charge in [0.05, 0.1) is 13.7 Å². The Hall–Kier alpha value is -2.49. The van der Waals surface area contributed by atoms with Gasteiger partial charge in [0.15, 0.2) is 11.5 Å². The van der Waals surface area contributed by atoms with Crippen molar-refractivity contribution in [1.29, 1.82) is 0 Å². The van der Waals surface area contributed by atoms with Gasteiger partial charge in [0, 0.05) is 19.4 Å². The molecule has 4 nitrogen and oxygen atoms in total. The molecule has 24 heavy (non-hydrogen) atoms. The van der Waals surface area contributed by atoms with Crippen LogP contribution in [0.2, 0.25) is 0 Å². The van der Waals surface area contributed by atoms with Crippen LogP contribution in [0.25, 0.3) is 0 Å². The van der Waals surface area contributed by atoms with Crippen LogP contribution >= 0.6 is 0 Å². The molecule has 2 aromatic carbocycles. The Morgan fingerprint density at radius 2 is 2.04 bits per heavy atom. The number of nitrogens with one attached hydrogen (secondary N) is 1. The van der Waals surface area contributed by atoms with E-state index in [9.17, 15) is 4.79 Å². The zero-order valence-corrected chi connectivity index (χ0v) is 14.2. The van der Waals surface area contributed by atoms with Gasteiger partial charge in [0.2, 0.25) is 5.91 Å². The summed E-state index contributed by atoms with van der Waals surface area (Å²) in [7, 11) is 1.67. The number of amides is 1. The third-order valence-corrected chi connectivity index (χ3v) is 4.31. The number of rotatable bonds is 5. The Labute approximate surface area is 142 Å². The number of carbonyl (C=O) groups is 1. The van der Waals surface area contributed by atoms with E-state index in [1.807, 2.05) is 24.3 Å². The van der Waals surface area contributed by atoms with Gasteiger partial charge in [-0.25, -0.2) is 0 Å². The van der Waals surface area contributed by atoms with Crippen molar-refractivity contribution in [1.82, 2.24) is 5.32 Å². The Morgan fingerprint density at radius 3 is 2.83 bits per heavy atom. The number of para-hydroxylation sites is 1. The second kappa shape index (κ2) is 7.39. The number of benzene rings is 2. The smallest absolute Gasteiger partial charge is 0.217 e. The zero-order chi connectivity index (χ0) is 16.9. The molecule has 0 radical (unpaired) electrons. The molecule has 126 valence electrons. The quantitative estimate of drug-likeness (QED) is 0.919. The summed E-state index contributed by atoms with van der Waals surface area (Å²) < 4.78 is 11.3. The molecule has 0 aromatic heterocycles. The van der Waals surface area contributed by atoms with Gasteiger partial charge in [0.1, 0.15) is 0 Å². The van der Waals surface area contributed by atoms with E-state index in [4.69, 9.17) is 9.47 Å². The first kappa shape index (κ1) is 16.4. The average molecular weight is 325 g/mol. The fourth-order valence-electron chi connectivity index (χ4n) is 3.18. The number of hydrogen-bond donors (Lipinski definition) is 1. The summed E-state index contributed by atoms with van der Waals surface area (Å²) >= 11 is 0. The number of hydrogen-bond acceptors (Lipinski definition) is 3. The van der Waals surface area contributed by atoms with Crippen LogP contribution in [0.1, 0.15) is 23.6 Å². The largest absolute Gasteiger partial charge is 0.493 e. The van der Waals surface area contributed by atoms with Gasteiger partial charge in [-0.1, -0.05) is 36.4 Å². The standard InChI is InChI=1S/C20H23NO3/c1-14(22)21-12-16-6-3-5-15(9-16)10-17-11-18-7-4-8-19(23-2)20(18)24-13-17/h3-9,17H,10-13H2,1-2H3,(H,21,22). The Kier molecular flexibility index (Phi) is 5.04. The third-order valence-electron chi connectivity index (χ3n) is 4.31. The van der Waals surface area contributed by atoms with Gasteiger partial charge in [-0.15, -0.1) is 0 Å². The van der Waals surface area contributed by atoms with E-state index in [-0.39, 0.29) is 5.91 Å². The lowest BCUT2D eigenvalue weighted by Gasteiger charge is -2.26. The predicted octanol–water partition coefficient (Wildman–Crippen LogP) is 3.13. The molecule has 0 saturated carbocycles. The van der Waals surface area contributed by atoms with Crippen molar-refractivity contribution >= 4 is 5.91 Å². The van der Waals surface area contributed by atoms with Crippen LogP contribution < -0.4 is 14.8 Å². The lowest BCUT2D eigenvalue weighted by atomic mass is 9.90. The minimum absolute atomic E-state index is 0.00774. The van der Waals surface area contributed by atoms with E-state index in [0.29, 0.717) is 19.1 Å². The highest BCUT2D eigenvalue weighted by atomic mass is 16.5. The second-order valence-electron chi connectivity index (χ2n) is 6.26. The molecule has 0 saturated heterocycles. The third kappa shape index (κ3) is 3.88.